The van der Waals surface area contributed by atoms with Crippen LogP contribution in [0.4, 0.5) is 0 Å². The molecule has 0 saturated carbocycles. The van der Waals surface area contributed by atoms with Crippen LogP contribution in [0.25, 0.3) is 0 Å². The van der Waals surface area contributed by atoms with Gasteiger partial charge in [0, 0.05) is 18.5 Å². The van der Waals surface area contributed by atoms with Gasteiger partial charge in [-0.15, -0.1) is 0 Å². The number of nitrogens with zero attached hydrogens (tertiary/aromatic N) is 1. The summed E-state index contributed by atoms with van der Waals surface area (Å²) in [5.41, 5.74) is 0.572. The number of amides is 1. The number of hydrogen-bond acceptors (Lipinski definition) is 1. The molecule has 0 aromatic heterocycles. The Labute approximate surface area is 104 Å². The highest BCUT2D eigenvalue weighted by molar-refractivity contribution is 5.91. The highest BCUT2D eigenvalue weighted by atomic mass is 79.9. The van der Waals surface area contributed by atoms with Gasteiger partial charge in [-0.1, -0.05) is 6.58 Å². The van der Waals surface area contributed by atoms with Crippen LogP contribution in [0.1, 0.15) is 20.3 Å². The summed E-state index contributed by atoms with van der Waals surface area (Å²) in [7, 11) is 6.47. The number of carbonyl (C=O) groups is 1. The lowest BCUT2D eigenvalue weighted by Gasteiger charge is -2.31. The molecule has 0 aromatic rings. The Hall–Kier alpha value is -0.350. The Morgan fingerprint density at radius 3 is 2.20 bits per heavy atom. The molecule has 0 bridgehead atoms. The third-order valence-corrected chi connectivity index (χ3v) is 2.56. The van der Waals surface area contributed by atoms with Crippen molar-refractivity contribution in [3.8, 4) is 0 Å². The summed E-state index contributed by atoms with van der Waals surface area (Å²) in [5, 5.41) is 2.84. The molecule has 15 heavy (non-hydrogen) atoms. The predicted molar refractivity (Wildman–Crippen MR) is 59.9 cm³/mol. The standard InChI is InChI=1S/C11H22N2O.BrH/c1-9(2)11(14)12-8-7-10(3)13(4,5)6;/h10H,1,7-8H2,2-6H3;1H. The number of hydrogen-bond donors (Lipinski definition) is 1. The van der Waals surface area contributed by atoms with E-state index in [0.717, 1.165) is 17.4 Å². The first-order valence-corrected chi connectivity index (χ1v) is 5.00. The van der Waals surface area contributed by atoms with E-state index in [0.29, 0.717) is 11.6 Å². The lowest BCUT2D eigenvalue weighted by molar-refractivity contribution is -0.894. The average Bonchev–Trinajstić information content (AvgIpc) is 2.01. The van der Waals surface area contributed by atoms with E-state index in [-0.39, 0.29) is 22.9 Å². The lowest BCUT2D eigenvalue weighted by Crippen LogP contribution is -3.00. The van der Waals surface area contributed by atoms with Crippen molar-refractivity contribution >= 4 is 5.91 Å². The molecule has 0 spiro atoms. The van der Waals surface area contributed by atoms with E-state index in [2.05, 4.69) is 40.0 Å². The first-order chi connectivity index (χ1) is 6.25. The third kappa shape index (κ3) is 7.56. The largest absolute Gasteiger partial charge is 1.00 e. The number of halogens is 1. The fourth-order valence-electron chi connectivity index (χ4n) is 0.933. The van der Waals surface area contributed by atoms with Gasteiger partial charge in [-0.05, 0) is 13.8 Å². The van der Waals surface area contributed by atoms with Crippen molar-refractivity contribution in [1.82, 2.24) is 5.32 Å². The van der Waals surface area contributed by atoms with Gasteiger partial charge in [-0.2, -0.15) is 0 Å². The molecule has 0 aliphatic rings. The fraction of sp³-hybridized carbons (Fsp3) is 0.727. The molecule has 0 fully saturated rings. The smallest absolute Gasteiger partial charge is 0.246 e. The minimum Gasteiger partial charge on any atom is -1.00 e. The molecule has 4 heteroatoms. The van der Waals surface area contributed by atoms with Crippen molar-refractivity contribution in [2.24, 2.45) is 0 Å². The minimum absolute atomic E-state index is 0. The summed E-state index contributed by atoms with van der Waals surface area (Å²) in [4.78, 5) is 11.2. The zero-order chi connectivity index (χ0) is 11.4. The summed E-state index contributed by atoms with van der Waals surface area (Å²) < 4.78 is 0.920. The van der Waals surface area contributed by atoms with Gasteiger partial charge >= 0.3 is 0 Å². The molecule has 1 atom stereocenters. The highest BCUT2D eigenvalue weighted by Crippen LogP contribution is 2.05. The second kappa shape index (κ2) is 7.01. The zero-order valence-electron chi connectivity index (χ0n) is 10.4. The Kier molecular flexibility index (Phi) is 7.97. The first-order valence-electron chi connectivity index (χ1n) is 5.00. The average molecular weight is 279 g/mol. The van der Waals surface area contributed by atoms with Gasteiger partial charge in [-0.3, -0.25) is 4.79 Å². The van der Waals surface area contributed by atoms with Crippen LogP contribution in [0.5, 0.6) is 0 Å². The number of rotatable bonds is 5. The molecule has 3 nitrogen and oxygen atoms in total. The molecular formula is C11H23BrN2O. The molecule has 1 amide bonds. The van der Waals surface area contributed by atoms with E-state index in [1.807, 2.05) is 0 Å². The van der Waals surface area contributed by atoms with Crippen LogP contribution in [0.2, 0.25) is 0 Å². The second-order valence-electron chi connectivity index (χ2n) is 4.79. The summed E-state index contributed by atoms with van der Waals surface area (Å²) in [5.74, 6) is -0.0430. The predicted octanol–water partition coefficient (Wildman–Crippen LogP) is -1.83. The molecule has 0 saturated heterocycles. The molecular weight excluding hydrogens is 256 g/mol. The summed E-state index contributed by atoms with van der Waals surface area (Å²) >= 11 is 0. The maximum Gasteiger partial charge on any atom is 0.246 e. The number of quaternary nitrogens is 1. The molecule has 0 aliphatic heterocycles. The summed E-state index contributed by atoms with van der Waals surface area (Å²) in [6, 6.07) is 0.542. The Bertz CT molecular complexity index is 221. The second-order valence-corrected chi connectivity index (χ2v) is 4.79. The normalized spacial score (nSPS) is 12.6. The topological polar surface area (TPSA) is 29.1 Å². The Balaban J connectivity index is 0. The Morgan fingerprint density at radius 1 is 1.40 bits per heavy atom. The lowest BCUT2D eigenvalue weighted by atomic mass is 10.2. The van der Waals surface area contributed by atoms with Crippen LogP contribution in [0, 0.1) is 0 Å². The van der Waals surface area contributed by atoms with Gasteiger partial charge in [0.15, 0.2) is 0 Å². The number of nitrogens with one attached hydrogen (secondary N) is 1. The number of carbonyl (C=O) groups excluding carboxylic acids is 1. The van der Waals surface area contributed by atoms with Gasteiger partial charge in [0.25, 0.3) is 0 Å². The van der Waals surface area contributed by atoms with Crippen molar-refractivity contribution in [2.45, 2.75) is 26.3 Å². The van der Waals surface area contributed by atoms with E-state index in [9.17, 15) is 4.79 Å². The van der Waals surface area contributed by atoms with Gasteiger partial charge in [0.2, 0.25) is 5.91 Å². The molecule has 0 heterocycles. The first kappa shape index (κ1) is 17.1. The zero-order valence-corrected chi connectivity index (χ0v) is 12.0. The molecule has 0 radical (unpaired) electrons. The molecule has 0 aliphatic carbocycles. The van der Waals surface area contributed by atoms with Crippen LogP contribution < -0.4 is 22.3 Å². The van der Waals surface area contributed by atoms with Crippen LogP contribution in [-0.2, 0) is 4.79 Å². The van der Waals surface area contributed by atoms with E-state index in [4.69, 9.17) is 0 Å². The SMILES string of the molecule is C=C(C)C(=O)NCCC(C)[N+](C)(C)C.[Br-]. The van der Waals surface area contributed by atoms with Gasteiger partial charge < -0.3 is 26.8 Å². The minimum atomic E-state index is -0.0430. The van der Waals surface area contributed by atoms with Crippen LogP contribution in [-0.4, -0.2) is 44.1 Å². The van der Waals surface area contributed by atoms with E-state index < -0.39 is 0 Å². The van der Waals surface area contributed by atoms with Crippen LogP contribution >= 0.6 is 0 Å². The molecule has 0 aromatic carbocycles. The van der Waals surface area contributed by atoms with Gasteiger partial charge in [-0.25, -0.2) is 0 Å². The van der Waals surface area contributed by atoms with E-state index in [1.54, 1.807) is 6.92 Å². The molecule has 1 unspecified atom stereocenters. The monoisotopic (exact) mass is 278 g/mol. The Morgan fingerprint density at radius 2 is 1.87 bits per heavy atom. The van der Waals surface area contributed by atoms with Crippen LogP contribution in [0.3, 0.4) is 0 Å². The molecule has 0 rings (SSSR count). The van der Waals surface area contributed by atoms with Gasteiger partial charge in [0.05, 0.1) is 27.2 Å². The fourth-order valence-corrected chi connectivity index (χ4v) is 0.933. The van der Waals surface area contributed by atoms with E-state index in [1.165, 1.54) is 0 Å². The van der Waals surface area contributed by atoms with Crippen molar-refractivity contribution in [2.75, 3.05) is 27.7 Å². The summed E-state index contributed by atoms with van der Waals surface area (Å²) in [6.07, 6.45) is 0.989. The quantitative estimate of drug-likeness (QED) is 0.465. The van der Waals surface area contributed by atoms with Crippen LogP contribution in [0.15, 0.2) is 12.2 Å². The van der Waals surface area contributed by atoms with Crippen molar-refractivity contribution in [3.63, 3.8) is 0 Å². The maximum absolute atomic E-state index is 11.2. The van der Waals surface area contributed by atoms with Crippen molar-refractivity contribution < 1.29 is 26.3 Å². The maximum atomic E-state index is 11.2. The highest BCUT2D eigenvalue weighted by Gasteiger charge is 2.17. The molecule has 1 N–H and O–H groups in total. The van der Waals surface area contributed by atoms with Gasteiger partial charge in [0.1, 0.15) is 0 Å². The van der Waals surface area contributed by atoms with Crippen molar-refractivity contribution in [1.29, 1.82) is 0 Å². The summed E-state index contributed by atoms with van der Waals surface area (Å²) in [6.45, 7) is 8.22. The van der Waals surface area contributed by atoms with E-state index >= 15 is 0 Å². The molecule has 90 valence electrons. The third-order valence-electron chi connectivity index (χ3n) is 2.56. The van der Waals surface area contributed by atoms with Crippen molar-refractivity contribution in [3.05, 3.63) is 12.2 Å².